The number of benzene rings is 1. The lowest BCUT2D eigenvalue weighted by Gasteiger charge is -2.32. The van der Waals surface area contributed by atoms with Crippen LogP contribution in [0.1, 0.15) is 32.7 Å². The number of carbonyl (C=O) groups is 1. The Hall–Kier alpha value is -3.68. The number of alkyl halides is 3. The summed E-state index contributed by atoms with van der Waals surface area (Å²) in [5, 5.41) is 6.56. The van der Waals surface area contributed by atoms with Crippen LogP contribution in [0.2, 0.25) is 0 Å². The number of pyridine rings is 1. The first-order valence-corrected chi connectivity index (χ1v) is 11.6. The van der Waals surface area contributed by atoms with Gasteiger partial charge < -0.3 is 10.2 Å². The molecule has 7 nitrogen and oxygen atoms in total. The highest BCUT2D eigenvalue weighted by Gasteiger charge is 2.36. The van der Waals surface area contributed by atoms with Crippen molar-refractivity contribution in [2.24, 2.45) is 0 Å². The number of aromatic nitrogens is 3. The van der Waals surface area contributed by atoms with Gasteiger partial charge >= 0.3 is 6.18 Å². The summed E-state index contributed by atoms with van der Waals surface area (Å²) in [5.74, 6) is 5.32. The molecule has 0 radical (unpaired) electrons. The fourth-order valence-corrected chi connectivity index (χ4v) is 3.85. The number of hydrogen-bond acceptors (Lipinski definition) is 5. The van der Waals surface area contributed by atoms with E-state index in [0.29, 0.717) is 12.1 Å². The van der Waals surface area contributed by atoms with Crippen LogP contribution < -0.4 is 5.32 Å². The number of halogens is 3. The molecule has 2 aromatic heterocycles. The van der Waals surface area contributed by atoms with Gasteiger partial charge in [-0.3, -0.25) is 19.4 Å². The Kier molecular flexibility index (Phi) is 7.72. The normalized spacial score (nSPS) is 14.8. The zero-order chi connectivity index (χ0) is 25.7. The molecule has 1 saturated heterocycles. The fourth-order valence-electron chi connectivity index (χ4n) is 3.85. The average molecular weight is 497 g/mol. The second-order valence-electron chi connectivity index (χ2n) is 8.76. The summed E-state index contributed by atoms with van der Waals surface area (Å²) in [6.07, 6.45) is -1.30. The summed E-state index contributed by atoms with van der Waals surface area (Å²) in [6.45, 7) is 5.72. The summed E-state index contributed by atoms with van der Waals surface area (Å²) in [5.41, 5.74) is 1.62. The number of nitrogens with one attached hydrogen (secondary N) is 1. The maximum Gasteiger partial charge on any atom is 0.433 e. The zero-order valence-electron chi connectivity index (χ0n) is 20.1. The number of anilines is 1. The highest BCUT2D eigenvalue weighted by molar-refractivity contribution is 6.04. The van der Waals surface area contributed by atoms with Crippen LogP contribution in [0.5, 0.6) is 0 Å². The van der Waals surface area contributed by atoms with Crippen LogP contribution in [0.4, 0.5) is 19.0 Å². The Morgan fingerprint density at radius 2 is 1.86 bits per heavy atom. The van der Waals surface area contributed by atoms with Crippen molar-refractivity contribution in [3.63, 3.8) is 0 Å². The van der Waals surface area contributed by atoms with Crippen LogP contribution in [-0.2, 0) is 12.7 Å². The predicted octanol–water partition coefficient (Wildman–Crippen LogP) is 3.50. The minimum Gasteiger partial charge on any atom is -0.305 e. The molecule has 4 rings (SSSR count). The van der Waals surface area contributed by atoms with Crippen molar-refractivity contribution in [3.05, 3.63) is 76.7 Å². The van der Waals surface area contributed by atoms with E-state index < -0.39 is 17.8 Å². The summed E-state index contributed by atoms with van der Waals surface area (Å²) in [4.78, 5) is 21.2. The minimum atomic E-state index is -4.59. The van der Waals surface area contributed by atoms with Crippen molar-refractivity contribution >= 4 is 11.7 Å². The molecule has 36 heavy (non-hydrogen) atoms. The molecule has 3 aromatic rings. The van der Waals surface area contributed by atoms with Gasteiger partial charge in [0.15, 0.2) is 5.82 Å². The van der Waals surface area contributed by atoms with E-state index in [-0.39, 0.29) is 17.9 Å². The number of piperazine rings is 1. The van der Waals surface area contributed by atoms with Gasteiger partial charge in [-0.25, -0.2) is 0 Å². The Bertz CT molecular complexity index is 1270. The maximum absolute atomic E-state index is 13.6. The van der Waals surface area contributed by atoms with Crippen LogP contribution in [0.25, 0.3) is 0 Å². The maximum atomic E-state index is 13.6. The van der Waals surface area contributed by atoms with E-state index in [1.165, 1.54) is 0 Å². The first-order chi connectivity index (χ1) is 17.2. The van der Waals surface area contributed by atoms with Gasteiger partial charge in [0.1, 0.15) is 5.69 Å². The van der Waals surface area contributed by atoms with Crippen LogP contribution in [0.3, 0.4) is 0 Å². The van der Waals surface area contributed by atoms with Gasteiger partial charge in [0.25, 0.3) is 5.91 Å². The molecular weight excluding hydrogens is 469 g/mol. The predicted molar refractivity (Wildman–Crippen MR) is 131 cm³/mol. The first kappa shape index (κ1) is 25.4. The second kappa shape index (κ2) is 10.9. The Labute approximate surface area is 207 Å². The fraction of sp³-hybridized carbons (Fsp3) is 0.346. The molecule has 1 aliphatic rings. The Morgan fingerprint density at radius 3 is 2.56 bits per heavy atom. The van der Waals surface area contributed by atoms with Crippen molar-refractivity contribution in [1.29, 1.82) is 0 Å². The molecule has 0 unspecified atom stereocenters. The van der Waals surface area contributed by atoms with E-state index in [4.69, 9.17) is 0 Å². The average Bonchev–Trinajstić information content (AvgIpc) is 3.27. The first-order valence-electron chi connectivity index (χ1n) is 11.6. The van der Waals surface area contributed by atoms with Crippen molar-refractivity contribution in [1.82, 2.24) is 24.6 Å². The number of nitrogens with zero attached hydrogens (tertiary/aromatic N) is 5. The number of carbonyl (C=O) groups excluding carboxylic acids is 1. The molecule has 1 amide bonds. The quantitative estimate of drug-likeness (QED) is 0.548. The van der Waals surface area contributed by atoms with Gasteiger partial charge in [0, 0.05) is 67.9 Å². The molecule has 188 valence electrons. The standard InChI is InChI=1S/C26H27F3N6O/c1-19-5-7-22(16-21(19)8-6-20-4-3-9-30-18-20)25(36)31-24-17-23(26(27,28)29)35(32-24)15-14-34-12-10-33(2)11-13-34/h3-5,7,9,16-18H,10-15H2,1-2H3,(H,31,32,36). The molecule has 10 heteroatoms. The van der Waals surface area contributed by atoms with Crippen molar-refractivity contribution < 1.29 is 18.0 Å². The Balaban J connectivity index is 1.48. The molecule has 1 fully saturated rings. The molecular formula is C26H27F3N6O. The van der Waals surface area contributed by atoms with Gasteiger partial charge in [0.05, 0.1) is 6.54 Å². The second-order valence-corrected chi connectivity index (χ2v) is 8.76. The van der Waals surface area contributed by atoms with E-state index in [2.05, 4.69) is 37.0 Å². The summed E-state index contributed by atoms with van der Waals surface area (Å²) >= 11 is 0. The molecule has 1 aromatic carbocycles. The molecule has 1 N–H and O–H groups in total. The van der Waals surface area contributed by atoms with E-state index in [0.717, 1.165) is 48.1 Å². The largest absolute Gasteiger partial charge is 0.433 e. The van der Waals surface area contributed by atoms with Crippen LogP contribution in [0, 0.1) is 18.8 Å². The monoisotopic (exact) mass is 496 g/mol. The van der Waals surface area contributed by atoms with E-state index in [1.807, 2.05) is 20.0 Å². The highest BCUT2D eigenvalue weighted by Crippen LogP contribution is 2.31. The molecule has 0 atom stereocenters. The SMILES string of the molecule is Cc1ccc(C(=O)Nc2cc(C(F)(F)F)n(CCN3CCN(C)CC3)n2)cc1C#Cc1cccnc1. The highest BCUT2D eigenvalue weighted by atomic mass is 19.4. The molecule has 0 aliphatic carbocycles. The minimum absolute atomic E-state index is 0.0764. The third-order valence-corrected chi connectivity index (χ3v) is 6.04. The molecule has 0 saturated carbocycles. The number of hydrogen-bond donors (Lipinski definition) is 1. The topological polar surface area (TPSA) is 66.3 Å². The van der Waals surface area contributed by atoms with Gasteiger partial charge in [-0.05, 0) is 43.8 Å². The smallest absolute Gasteiger partial charge is 0.305 e. The van der Waals surface area contributed by atoms with Crippen molar-refractivity contribution in [2.45, 2.75) is 19.6 Å². The number of amides is 1. The van der Waals surface area contributed by atoms with Gasteiger partial charge in [-0.2, -0.15) is 18.3 Å². The summed E-state index contributed by atoms with van der Waals surface area (Å²) in [7, 11) is 2.02. The third-order valence-electron chi connectivity index (χ3n) is 6.04. The molecule has 0 bridgehead atoms. The van der Waals surface area contributed by atoms with E-state index in [1.54, 1.807) is 36.7 Å². The summed E-state index contributed by atoms with van der Waals surface area (Å²) in [6, 6.07) is 9.44. The van der Waals surface area contributed by atoms with Crippen molar-refractivity contribution in [2.75, 3.05) is 45.1 Å². The lowest BCUT2D eigenvalue weighted by Crippen LogP contribution is -2.45. The Morgan fingerprint density at radius 1 is 1.08 bits per heavy atom. The van der Waals surface area contributed by atoms with Crippen LogP contribution >= 0.6 is 0 Å². The van der Waals surface area contributed by atoms with Gasteiger partial charge in [0.2, 0.25) is 0 Å². The van der Waals surface area contributed by atoms with E-state index in [9.17, 15) is 18.0 Å². The van der Waals surface area contributed by atoms with Crippen LogP contribution in [0.15, 0.2) is 48.8 Å². The number of likely N-dealkylation sites (N-methyl/N-ethyl adjacent to an activating group) is 1. The molecule has 0 spiro atoms. The van der Waals surface area contributed by atoms with Crippen LogP contribution in [-0.4, -0.2) is 70.2 Å². The molecule has 3 heterocycles. The van der Waals surface area contributed by atoms with Crippen molar-refractivity contribution in [3.8, 4) is 11.8 Å². The number of rotatable bonds is 5. The lowest BCUT2D eigenvalue weighted by molar-refractivity contribution is -0.144. The lowest BCUT2D eigenvalue weighted by atomic mass is 10.0. The zero-order valence-corrected chi connectivity index (χ0v) is 20.1. The van der Waals surface area contributed by atoms with Gasteiger partial charge in [-0.15, -0.1) is 0 Å². The third kappa shape index (κ3) is 6.50. The molecule has 1 aliphatic heterocycles. The van der Waals surface area contributed by atoms with Gasteiger partial charge in [-0.1, -0.05) is 17.9 Å². The van der Waals surface area contributed by atoms with E-state index >= 15 is 0 Å². The summed E-state index contributed by atoms with van der Waals surface area (Å²) < 4.78 is 41.9. The number of aryl methyl sites for hydroxylation is 1.